The van der Waals surface area contributed by atoms with Crippen molar-refractivity contribution in [1.82, 2.24) is 19.3 Å². The Kier molecular flexibility index (Phi) is 11.0. The summed E-state index contributed by atoms with van der Waals surface area (Å²) in [6, 6.07) is 49.9. The van der Waals surface area contributed by atoms with Gasteiger partial charge >= 0.3 is 0 Å². The molecular weight excluding hydrogens is 779 g/mol. The Balaban J connectivity index is 0.000000213. The summed E-state index contributed by atoms with van der Waals surface area (Å²) in [6.45, 7) is 6.71. The molecule has 2 atom stereocenters. The number of nitrogens with one attached hydrogen (secondary N) is 1. The monoisotopic (exact) mass is 831 g/mol. The van der Waals surface area contributed by atoms with Crippen LogP contribution in [0.1, 0.15) is 55.6 Å². The first kappa shape index (κ1) is 40.6. The second-order valence-electron chi connectivity index (χ2n) is 17.6. The number of fused-ring (bicyclic) bond motifs is 4. The Labute approximate surface area is 376 Å². The van der Waals surface area contributed by atoms with E-state index in [4.69, 9.17) is 0 Å². The van der Waals surface area contributed by atoms with E-state index >= 15 is 0 Å². The second kappa shape index (κ2) is 17.3. The van der Waals surface area contributed by atoms with Crippen LogP contribution in [-0.2, 0) is 12.5 Å². The zero-order valence-corrected chi connectivity index (χ0v) is 37.0. The van der Waals surface area contributed by atoms with E-state index in [1.54, 1.807) is 0 Å². The van der Waals surface area contributed by atoms with Crippen LogP contribution >= 0.6 is 0 Å². The zero-order chi connectivity index (χ0) is 43.6. The number of hydrogen-bond acceptors (Lipinski definition) is 3. The van der Waals surface area contributed by atoms with Crippen LogP contribution in [0.5, 0.6) is 0 Å². The fourth-order valence-corrected chi connectivity index (χ4v) is 9.37. The van der Waals surface area contributed by atoms with Crippen LogP contribution in [0, 0.1) is 12.8 Å². The van der Waals surface area contributed by atoms with Crippen LogP contribution in [0.2, 0.25) is 0 Å². The Hall–Kier alpha value is -7.50. The molecule has 11 rings (SSSR count). The molecule has 0 aliphatic heterocycles. The van der Waals surface area contributed by atoms with Crippen LogP contribution in [0.3, 0.4) is 0 Å². The summed E-state index contributed by atoms with van der Waals surface area (Å²) < 4.78 is 4.31. The largest absolute Gasteiger partial charge is 0.355 e. The zero-order valence-electron chi connectivity index (χ0n) is 37.0. The molecule has 0 radical (unpaired) electrons. The number of aryl methyl sites for hydroxylation is 2. The standard InChI is InChI=1S/C43H36N2.C16H17N3/c1-30-18-22-35(23-19-30)44-40-16-9-8-15-39(40)43(2)26-10-13-34(29-43)33-21-25-38-37-14-4-3-5-17-41(37)45(42(38)28-33)36-24-20-31-11-6-7-12-32(31)27-36;1-12-7-6-10-14(11-12)16-17-15(18-19(16)2)13-8-4-3-5-9-13/h3-4,6-25,27-29,44H,5,26H2,1-2H3;3-6,8-12H,7H2,1-2H3. The van der Waals surface area contributed by atoms with E-state index in [1.807, 2.05) is 42.1 Å². The molecule has 0 bridgehead atoms. The molecule has 64 heavy (non-hydrogen) atoms. The number of nitrogens with zero attached hydrogens (tertiary/aromatic N) is 4. The minimum atomic E-state index is -0.156. The summed E-state index contributed by atoms with van der Waals surface area (Å²) in [7, 11) is 1.95. The molecule has 0 spiro atoms. The van der Waals surface area contributed by atoms with Gasteiger partial charge in [-0.25, -0.2) is 9.67 Å². The third-order valence-corrected chi connectivity index (χ3v) is 12.7. The van der Waals surface area contributed by atoms with E-state index in [0.29, 0.717) is 5.92 Å². The number of benzene rings is 6. The smallest absolute Gasteiger partial charge is 0.181 e. The fraction of sp³-hybridized carbons (Fsp3) is 0.153. The molecule has 8 aromatic rings. The number of allylic oxidation sites excluding steroid dienone is 10. The lowest BCUT2D eigenvalue weighted by atomic mass is 9.74. The molecule has 0 amide bonds. The molecule has 0 fully saturated rings. The van der Waals surface area contributed by atoms with Gasteiger partial charge in [-0.1, -0.05) is 183 Å². The molecule has 2 unspecified atom stereocenters. The van der Waals surface area contributed by atoms with Crippen molar-refractivity contribution in [3.05, 3.63) is 221 Å². The molecule has 2 heterocycles. The Bertz CT molecular complexity index is 3320. The molecule has 1 N–H and O–H groups in total. The van der Waals surface area contributed by atoms with Gasteiger partial charge in [0.2, 0.25) is 0 Å². The molecule has 2 aromatic heterocycles. The SMILES string of the molecule is CC1C=C(c2nc(-c3ccccc3)nn2C)C=CC1.Cc1ccc(Nc2ccccc2C2(C)C=C(c3ccc4c5c(n(-c6ccc7ccccc7c6)c4c3)=CCC=CC=5)C=CC2)cc1. The number of anilines is 2. The summed E-state index contributed by atoms with van der Waals surface area (Å²) in [5.41, 5.74) is 11.8. The third-order valence-electron chi connectivity index (χ3n) is 12.7. The molecular formula is C59H53N5. The molecule has 6 aromatic carbocycles. The molecule has 3 aliphatic carbocycles. The first-order valence-corrected chi connectivity index (χ1v) is 22.5. The van der Waals surface area contributed by atoms with E-state index in [0.717, 1.165) is 53.4 Å². The van der Waals surface area contributed by atoms with E-state index in [9.17, 15) is 0 Å². The van der Waals surface area contributed by atoms with Gasteiger partial charge in [-0.3, -0.25) is 0 Å². The molecule has 314 valence electrons. The fourth-order valence-electron chi connectivity index (χ4n) is 9.37. The summed E-state index contributed by atoms with van der Waals surface area (Å²) in [5, 5.41) is 14.6. The normalized spacial score (nSPS) is 17.7. The lowest BCUT2D eigenvalue weighted by Gasteiger charge is -2.31. The number of rotatable bonds is 7. The van der Waals surface area contributed by atoms with E-state index in [2.05, 4.69) is 211 Å². The highest BCUT2D eigenvalue weighted by Gasteiger charge is 2.29. The highest BCUT2D eigenvalue weighted by Crippen LogP contribution is 2.41. The Morgan fingerprint density at radius 1 is 0.734 bits per heavy atom. The van der Waals surface area contributed by atoms with Gasteiger partial charge in [-0.2, -0.15) is 5.10 Å². The van der Waals surface area contributed by atoms with Crippen molar-refractivity contribution in [3.63, 3.8) is 0 Å². The number of aromatic nitrogens is 4. The Morgan fingerprint density at radius 3 is 2.36 bits per heavy atom. The average molecular weight is 832 g/mol. The van der Waals surface area contributed by atoms with Crippen molar-refractivity contribution in [2.75, 3.05) is 5.32 Å². The van der Waals surface area contributed by atoms with E-state index in [-0.39, 0.29) is 5.41 Å². The summed E-state index contributed by atoms with van der Waals surface area (Å²) in [5.74, 6) is 2.28. The maximum atomic E-state index is 4.67. The maximum Gasteiger partial charge on any atom is 0.181 e. The van der Waals surface area contributed by atoms with E-state index < -0.39 is 0 Å². The predicted octanol–water partition coefficient (Wildman–Crippen LogP) is 13.1. The minimum Gasteiger partial charge on any atom is -0.355 e. The first-order chi connectivity index (χ1) is 31.3. The summed E-state index contributed by atoms with van der Waals surface area (Å²) in [6.07, 6.45) is 25.7. The number of hydrogen-bond donors (Lipinski definition) is 1. The molecule has 5 heteroatoms. The average Bonchev–Trinajstić information content (AvgIpc) is 3.76. The topological polar surface area (TPSA) is 47.7 Å². The highest BCUT2D eigenvalue weighted by molar-refractivity contribution is 5.91. The first-order valence-electron chi connectivity index (χ1n) is 22.5. The predicted molar refractivity (Wildman–Crippen MR) is 270 cm³/mol. The lowest BCUT2D eigenvalue weighted by molar-refractivity contribution is 0.604. The van der Waals surface area contributed by atoms with Crippen molar-refractivity contribution in [2.24, 2.45) is 13.0 Å². The van der Waals surface area contributed by atoms with Gasteiger partial charge in [0.25, 0.3) is 0 Å². The lowest BCUT2D eigenvalue weighted by Crippen LogP contribution is -2.27. The van der Waals surface area contributed by atoms with E-state index in [1.165, 1.54) is 60.2 Å². The van der Waals surface area contributed by atoms with Crippen molar-refractivity contribution in [3.8, 4) is 17.1 Å². The molecule has 0 saturated heterocycles. The summed E-state index contributed by atoms with van der Waals surface area (Å²) >= 11 is 0. The van der Waals surface area contributed by atoms with Crippen molar-refractivity contribution in [1.29, 1.82) is 0 Å². The van der Waals surface area contributed by atoms with Crippen LogP contribution in [0.25, 0.3) is 62.0 Å². The van der Waals surface area contributed by atoms with Crippen LogP contribution in [0.4, 0.5) is 11.4 Å². The van der Waals surface area contributed by atoms with Gasteiger partial charge in [0.1, 0.15) is 0 Å². The third kappa shape index (κ3) is 8.13. The van der Waals surface area contributed by atoms with Crippen molar-refractivity contribution >= 4 is 56.3 Å². The van der Waals surface area contributed by atoms with Crippen molar-refractivity contribution < 1.29 is 0 Å². The van der Waals surface area contributed by atoms with Gasteiger partial charge in [-0.15, -0.1) is 0 Å². The van der Waals surface area contributed by atoms with Gasteiger partial charge in [0.05, 0.1) is 10.9 Å². The maximum absolute atomic E-state index is 4.67. The Morgan fingerprint density at radius 2 is 1.52 bits per heavy atom. The van der Waals surface area contributed by atoms with Gasteiger partial charge in [0, 0.05) is 51.3 Å². The van der Waals surface area contributed by atoms with Gasteiger partial charge < -0.3 is 9.88 Å². The summed E-state index contributed by atoms with van der Waals surface area (Å²) in [4.78, 5) is 4.67. The van der Waals surface area contributed by atoms with Crippen LogP contribution in [0.15, 0.2) is 188 Å². The van der Waals surface area contributed by atoms with Crippen LogP contribution in [-0.4, -0.2) is 19.3 Å². The highest BCUT2D eigenvalue weighted by atomic mass is 15.3. The second-order valence-corrected chi connectivity index (χ2v) is 17.6. The molecule has 3 aliphatic rings. The minimum absolute atomic E-state index is 0.156. The van der Waals surface area contributed by atoms with Crippen molar-refractivity contribution in [2.45, 2.75) is 45.4 Å². The van der Waals surface area contributed by atoms with Gasteiger partial charge in [-0.05, 0) is 96.0 Å². The quantitative estimate of drug-likeness (QED) is 0.174. The van der Waals surface area contributed by atoms with Crippen LogP contribution < -0.4 is 15.9 Å². The van der Waals surface area contributed by atoms with Gasteiger partial charge in [0.15, 0.2) is 11.6 Å². The molecule has 0 saturated carbocycles. The molecule has 5 nitrogen and oxygen atoms in total. The number of para-hydroxylation sites is 1.